The summed E-state index contributed by atoms with van der Waals surface area (Å²) >= 11 is 0. The number of nitrogens with zero attached hydrogens (tertiary/aromatic N) is 1. The molecule has 0 aromatic carbocycles. The molecule has 0 aromatic rings. The number of likely N-dealkylation sites (tertiary alicyclic amines) is 1. The third-order valence-corrected chi connectivity index (χ3v) is 5.49. The van der Waals surface area contributed by atoms with Gasteiger partial charge in [0.1, 0.15) is 5.60 Å². The Morgan fingerprint density at radius 1 is 1.33 bits per heavy atom. The maximum Gasteiger partial charge on any atom is 0.410 e. The average Bonchev–Trinajstić information content (AvgIpc) is 2.32. The van der Waals surface area contributed by atoms with Crippen molar-refractivity contribution in [3.05, 3.63) is 11.6 Å². The van der Waals surface area contributed by atoms with Crippen LogP contribution in [0.1, 0.15) is 61.3 Å². The van der Waals surface area contributed by atoms with E-state index in [0.29, 0.717) is 5.92 Å². The van der Waals surface area contributed by atoms with Crippen LogP contribution in [0.5, 0.6) is 0 Å². The van der Waals surface area contributed by atoms with E-state index in [1.807, 2.05) is 25.7 Å². The van der Waals surface area contributed by atoms with E-state index in [9.17, 15) is 4.79 Å². The second-order valence-electron chi connectivity index (χ2n) is 8.71. The van der Waals surface area contributed by atoms with E-state index in [0.717, 1.165) is 25.9 Å². The predicted molar refractivity (Wildman–Crippen MR) is 86.2 cm³/mol. The monoisotopic (exact) mass is 293 g/mol. The van der Waals surface area contributed by atoms with E-state index in [-0.39, 0.29) is 16.9 Å². The summed E-state index contributed by atoms with van der Waals surface area (Å²) in [5.74, 6) is 0.633. The van der Waals surface area contributed by atoms with Gasteiger partial charge in [0, 0.05) is 13.1 Å². The van der Waals surface area contributed by atoms with Crippen molar-refractivity contribution < 1.29 is 9.53 Å². The Bertz CT molecular complexity index is 458. The summed E-state index contributed by atoms with van der Waals surface area (Å²) in [6.07, 6.45) is 4.33. The van der Waals surface area contributed by atoms with Crippen molar-refractivity contribution in [1.29, 1.82) is 0 Å². The summed E-state index contributed by atoms with van der Waals surface area (Å²) in [7, 11) is 0. The molecule has 1 heterocycles. The predicted octanol–water partition coefficient (Wildman–Crippen LogP) is 4.63. The van der Waals surface area contributed by atoms with Crippen LogP contribution in [0.4, 0.5) is 4.79 Å². The van der Waals surface area contributed by atoms with Crippen LogP contribution in [-0.2, 0) is 4.74 Å². The van der Waals surface area contributed by atoms with Crippen LogP contribution in [0, 0.1) is 16.7 Å². The maximum atomic E-state index is 12.3. The van der Waals surface area contributed by atoms with Crippen LogP contribution in [0.15, 0.2) is 11.6 Å². The lowest BCUT2D eigenvalue weighted by atomic mass is 9.54. The third-order valence-electron chi connectivity index (χ3n) is 5.49. The zero-order valence-electron chi connectivity index (χ0n) is 14.7. The minimum atomic E-state index is -0.419. The first-order chi connectivity index (χ1) is 9.46. The van der Waals surface area contributed by atoms with Crippen molar-refractivity contribution in [1.82, 2.24) is 4.90 Å². The molecule has 0 saturated carbocycles. The molecule has 1 amide bonds. The van der Waals surface area contributed by atoms with Crippen molar-refractivity contribution in [2.75, 3.05) is 13.1 Å². The van der Waals surface area contributed by atoms with Gasteiger partial charge in [-0.1, -0.05) is 32.4 Å². The molecule has 2 atom stereocenters. The van der Waals surface area contributed by atoms with E-state index in [4.69, 9.17) is 4.74 Å². The molecule has 2 aliphatic rings. The molecule has 3 heteroatoms. The maximum absolute atomic E-state index is 12.3. The highest BCUT2D eigenvalue weighted by molar-refractivity contribution is 5.68. The standard InChI is InChI=1S/C18H31NO2/c1-13-8-10-18(7)12-19(15(20)21-16(2,3)4)11-9-14(18)17(13,5)6/h8,14H,9-12H2,1-7H3/t14-,18+/m0/s1. The van der Waals surface area contributed by atoms with Gasteiger partial charge in [0.2, 0.25) is 0 Å². The number of rotatable bonds is 0. The Labute approximate surface area is 129 Å². The van der Waals surface area contributed by atoms with Gasteiger partial charge >= 0.3 is 6.09 Å². The molecule has 0 aromatic heterocycles. The summed E-state index contributed by atoms with van der Waals surface area (Å²) in [5.41, 5.74) is 1.47. The first-order valence-electron chi connectivity index (χ1n) is 8.11. The largest absolute Gasteiger partial charge is 0.444 e. The Morgan fingerprint density at radius 3 is 2.52 bits per heavy atom. The first kappa shape index (κ1) is 16.4. The molecule has 21 heavy (non-hydrogen) atoms. The lowest BCUT2D eigenvalue weighted by Crippen LogP contribution is -2.55. The van der Waals surface area contributed by atoms with E-state index in [1.54, 1.807) is 0 Å². The van der Waals surface area contributed by atoms with Crippen LogP contribution >= 0.6 is 0 Å². The van der Waals surface area contributed by atoms with Gasteiger partial charge in [0.15, 0.2) is 0 Å². The number of carbonyl (C=O) groups is 1. The van der Waals surface area contributed by atoms with Crippen molar-refractivity contribution in [2.45, 2.75) is 66.9 Å². The summed E-state index contributed by atoms with van der Waals surface area (Å²) in [6, 6.07) is 0. The minimum Gasteiger partial charge on any atom is -0.444 e. The quantitative estimate of drug-likeness (QED) is 0.610. The number of allylic oxidation sites excluding steroid dienone is 2. The summed E-state index contributed by atoms with van der Waals surface area (Å²) < 4.78 is 5.55. The van der Waals surface area contributed by atoms with Crippen LogP contribution in [0.2, 0.25) is 0 Å². The highest BCUT2D eigenvalue weighted by atomic mass is 16.6. The van der Waals surface area contributed by atoms with Gasteiger partial charge in [0.05, 0.1) is 0 Å². The van der Waals surface area contributed by atoms with Crippen molar-refractivity contribution in [3.63, 3.8) is 0 Å². The SMILES string of the molecule is CC1=CC[C@]2(C)CN(C(=O)OC(C)(C)C)CC[C@H]2C1(C)C. The molecular weight excluding hydrogens is 262 g/mol. The Balaban J connectivity index is 2.15. The highest BCUT2D eigenvalue weighted by Gasteiger charge is 2.50. The molecule has 0 unspecified atom stereocenters. The zero-order valence-corrected chi connectivity index (χ0v) is 14.7. The zero-order chi connectivity index (χ0) is 16.1. The van der Waals surface area contributed by atoms with Crippen molar-refractivity contribution in [2.24, 2.45) is 16.7 Å². The molecule has 3 nitrogen and oxygen atoms in total. The number of carbonyl (C=O) groups excluding carboxylic acids is 1. The molecule has 1 aliphatic carbocycles. The lowest BCUT2D eigenvalue weighted by molar-refractivity contribution is -0.0356. The molecule has 1 fully saturated rings. The van der Waals surface area contributed by atoms with Crippen molar-refractivity contribution in [3.8, 4) is 0 Å². The van der Waals surface area contributed by atoms with Crippen molar-refractivity contribution >= 4 is 6.09 Å². The lowest BCUT2D eigenvalue weighted by Gasteiger charge is -2.55. The Morgan fingerprint density at radius 2 is 1.95 bits per heavy atom. The summed E-state index contributed by atoms with van der Waals surface area (Å²) in [6.45, 7) is 16.7. The molecule has 0 radical (unpaired) electrons. The van der Waals surface area contributed by atoms with Gasteiger partial charge in [-0.25, -0.2) is 4.79 Å². The number of ether oxygens (including phenoxy) is 1. The highest BCUT2D eigenvalue weighted by Crippen LogP contribution is 2.54. The Kier molecular flexibility index (Phi) is 3.92. The topological polar surface area (TPSA) is 29.5 Å². The van der Waals surface area contributed by atoms with Crippen LogP contribution in [0.25, 0.3) is 0 Å². The smallest absolute Gasteiger partial charge is 0.410 e. The molecule has 0 N–H and O–H groups in total. The molecule has 1 aliphatic heterocycles. The minimum absolute atomic E-state index is 0.161. The normalized spacial score (nSPS) is 32.2. The second kappa shape index (κ2) is 5.03. The Hall–Kier alpha value is -0.990. The number of fused-ring (bicyclic) bond motifs is 1. The van der Waals surface area contributed by atoms with Gasteiger partial charge in [-0.2, -0.15) is 0 Å². The molecule has 120 valence electrons. The number of hydrogen-bond acceptors (Lipinski definition) is 2. The number of piperidine rings is 1. The summed E-state index contributed by atoms with van der Waals surface area (Å²) in [4.78, 5) is 14.3. The fraction of sp³-hybridized carbons (Fsp3) is 0.833. The van der Waals surface area contributed by atoms with E-state index in [1.165, 1.54) is 5.57 Å². The molecule has 1 saturated heterocycles. The van der Waals surface area contributed by atoms with Crippen LogP contribution in [0.3, 0.4) is 0 Å². The fourth-order valence-electron chi connectivity index (χ4n) is 4.10. The fourth-order valence-corrected chi connectivity index (χ4v) is 4.10. The molecule has 2 rings (SSSR count). The summed E-state index contributed by atoms with van der Waals surface area (Å²) in [5, 5.41) is 0. The molecule has 0 bridgehead atoms. The van der Waals surface area contributed by atoms with E-state index >= 15 is 0 Å². The number of amides is 1. The van der Waals surface area contributed by atoms with Gasteiger partial charge in [0.25, 0.3) is 0 Å². The molecule has 0 spiro atoms. The van der Waals surface area contributed by atoms with Crippen LogP contribution in [-0.4, -0.2) is 29.7 Å². The second-order valence-corrected chi connectivity index (χ2v) is 8.71. The average molecular weight is 293 g/mol. The van der Waals surface area contributed by atoms with Gasteiger partial charge in [-0.15, -0.1) is 0 Å². The third kappa shape index (κ3) is 3.12. The van der Waals surface area contributed by atoms with Crippen LogP contribution < -0.4 is 0 Å². The van der Waals surface area contributed by atoms with E-state index in [2.05, 4.69) is 33.8 Å². The first-order valence-corrected chi connectivity index (χ1v) is 8.11. The van der Waals surface area contributed by atoms with Gasteiger partial charge < -0.3 is 9.64 Å². The van der Waals surface area contributed by atoms with E-state index < -0.39 is 5.60 Å². The van der Waals surface area contributed by atoms with Gasteiger partial charge in [-0.05, 0) is 57.3 Å². The number of hydrogen-bond donors (Lipinski definition) is 0. The molecular formula is C18H31NO2. The van der Waals surface area contributed by atoms with Gasteiger partial charge in [-0.3, -0.25) is 0 Å².